The van der Waals surface area contributed by atoms with E-state index in [-0.39, 0.29) is 5.41 Å². The van der Waals surface area contributed by atoms with E-state index in [1.165, 1.54) is 5.56 Å². The Morgan fingerprint density at radius 1 is 1.04 bits per heavy atom. The zero-order chi connectivity index (χ0) is 18.2. The van der Waals surface area contributed by atoms with Gasteiger partial charge in [0.25, 0.3) is 0 Å². The molecule has 0 radical (unpaired) electrons. The summed E-state index contributed by atoms with van der Waals surface area (Å²) in [5, 5.41) is 5.13. The molecule has 3 aromatic rings. The van der Waals surface area contributed by atoms with Gasteiger partial charge in [0.1, 0.15) is 11.6 Å². The first-order valence-electron chi connectivity index (χ1n) is 8.09. The molecule has 4 nitrogen and oxygen atoms in total. The molecule has 1 aromatic heterocycles. The molecular formula is C20H22BrN3O. The van der Waals surface area contributed by atoms with E-state index in [9.17, 15) is 0 Å². The summed E-state index contributed by atoms with van der Waals surface area (Å²) in [5.41, 5.74) is 9.25. The molecule has 25 heavy (non-hydrogen) atoms. The van der Waals surface area contributed by atoms with Crippen molar-refractivity contribution in [2.45, 2.75) is 26.2 Å². The number of halogens is 1. The number of nitrogens with zero attached hydrogens (tertiary/aromatic N) is 1. The van der Waals surface area contributed by atoms with Crippen LogP contribution in [0.2, 0.25) is 0 Å². The van der Waals surface area contributed by atoms with Crippen LogP contribution in [0.1, 0.15) is 26.3 Å². The lowest BCUT2D eigenvalue weighted by Crippen LogP contribution is -2.10. The summed E-state index contributed by atoms with van der Waals surface area (Å²) < 4.78 is 6.33. The molecule has 0 aliphatic rings. The van der Waals surface area contributed by atoms with Gasteiger partial charge in [-0.05, 0) is 51.2 Å². The van der Waals surface area contributed by atoms with Gasteiger partial charge < -0.3 is 15.8 Å². The van der Waals surface area contributed by atoms with E-state index >= 15 is 0 Å². The van der Waals surface area contributed by atoms with Gasteiger partial charge in [-0.15, -0.1) is 0 Å². The average molecular weight is 400 g/mol. The number of rotatable bonds is 3. The van der Waals surface area contributed by atoms with Crippen molar-refractivity contribution in [3.05, 3.63) is 52.6 Å². The molecule has 0 aliphatic heterocycles. The van der Waals surface area contributed by atoms with Gasteiger partial charge in [0, 0.05) is 27.4 Å². The minimum atomic E-state index is 0.124. The number of nitrogen functional groups attached to an aromatic ring is 1. The Labute approximate surface area is 156 Å². The molecule has 0 unspecified atom stereocenters. The van der Waals surface area contributed by atoms with Crippen LogP contribution in [-0.4, -0.2) is 12.1 Å². The third-order valence-electron chi connectivity index (χ3n) is 4.22. The van der Waals surface area contributed by atoms with Gasteiger partial charge in [-0.25, -0.2) is 4.98 Å². The van der Waals surface area contributed by atoms with Crippen molar-refractivity contribution in [1.29, 1.82) is 0 Å². The Bertz CT molecular complexity index is 915. The van der Waals surface area contributed by atoms with Crippen LogP contribution in [0.15, 0.2) is 47.1 Å². The molecule has 3 rings (SSSR count). The van der Waals surface area contributed by atoms with Crippen molar-refractivity contribution >= 4 is 43.9 Å². The molecule has 2 aromatic carbocycles. The summed E-state index contributed by atoms with van der Waals surface area (Å²) in [6, 6.07) is 12.1. The standard InChI is InChI=1S/C20H22BrN3O/c1-20(2,3)12-5-7-13(8-6-12)24-19-18-15(22)9-10-16(25-4)17(18)14(21)11-23-19/h5-11H,22H2,1-4H3,(H,23,24). The molecule has 3 N–H and O–H groups in total. The molecular weight excluding hydrogens is 378 g/mol. The molecule has 0 aliphatic carbocycles. The van der Waals surface area contributed by atoms with Gasteiger partial charge in [0.2, 0.25) is 0 Å². The summed E-state index contributed by atoms with van der Waals surface area (Å²) in [4.78, 5) is 4.52. The first-order valence-corrected chi connectivity index (χ1v) is 8.89. The summed E-state index contributed by atoms with van der Waals surface area (Å²) in [6.45, 7) is 6.60. The fourth-order valence-corrected chi connectivity index (χ4v) is 3.29. The third-order valence-corrected chi connectivity index (χ3v) is 4.82. The minimum Gasteiger partial charge on any atom is -0.496 e. The Kier molecular flexibility index (Phi) is 4.60. The summed E-state index contributed by atoms with van der Waals surface area (Å²) >= 11 is 3.55. The van der Waals surface area contributed by atoms with Crippen LogP contribution in [-0.2, 0) is 5.41 Å². The molecule has 0 saturated carbocycles. The van der Waals surface area contributed by atoms with Crippen molar-refractivity contribution in [2.24, 2.45) is 0 Å². The van der Waals surface area contributed by atoms with Gasteiger partial charge in [0.15, 0.2) is 0 Å². The Morgan fingerprint density at radius 2 is 1.72 bits per heavy atom. The van der Waals surface area contributed by atoms with Gasteiger partial charge in [0.05, 0.1) is 12.5 Å². The van der Waals surface area contributed by atoms with Crippen molar-refractivity contribution < 1.29 is 4.74 Å². The fourth-order valence-electron chi connectivity index (χ4n) is 2.80. The van der Waals surface area contributed by atoms with Crippen LogP contribution < -0.4 is 15.8 Å². The zero-order valence-electron chi connectivity index (χ0n) is 14.9. The highest BCUT2D eigenvalue weighted by Crippen LogP contribution is 2.39. The second-order valence-corrected chi connectivity index (χ2v) is 7.87. The van der Waals surface area contributed by atoms with Crippen LogP contribution >= 0.6 is 15.9 Å². The number of hydrogen-bond donors (Lipinski definition) is 2. The number of pyridine rings is 1. The highest BCUT2D eigenvalue weighted by Gasteiger charge is 2.15. The maximum absolute atomic E-state index is 6.23. The summed E-state index contributed by atoms with van der Waals surface area (Å²) in [6.07, 6.45) is 1.76. The molecule has 1 heterocycles. The number of anilines is 3. The fraction of sp³-hybridized carbons (Fsp3) is 0.250. The van der Waals surface area contributed by atoms with Crippen LogP contribution in [0.5, 0.6) is 5.75 Å². The van der Waals surface area contributed by atoms with Crippen LogP contribution in [0.4, 0.5) is 17.2 Å². The van der Waals surface area contributed by atoms with Crippen molar-refractivity contribution in [1.82, 2.24) is 4.98 Å². The normalized spacial score (nSPS) is 11.6. The Morgan fingerprint density at radius 3 is 2.32 bits per heavy atom. The number of benzene rings is 2. The van der Waals surface area contributed by atoms with Crippen LogP contribution in [0, 0.1) is 0 Å². The molecule has 0 saturated heterocycles. The second-order valence-electron chi connectivity index (χ2n) is 7.01. The van der Waals surface area contributed by atoms with Gasteiger partial charge in [-0.3, -0.25) is 0 Å². The number of nitrogens with one attached hydrogen (secondary N) is 1. The Balaban J connectivity index is 2.07. The first kappa shape index (κ1) is 17.5. The van der Waals surface area contributed by atoms with Crippen molar-refractivity contribution in [3.63, 3.8) is 0 Å². The van der Waals surface area contributed by atoms with Crippen LogP contribution in [0.3, 0.4) is 0 Å². The van der Waals surface area contributed by atoms with E-state index in [4.69, 9.17) is 10.5 Å². The number of ether oxygens (including phenoxy) is 1. The maximum Gasteiger partial charge on any atom is 0.140 e. The molecule has 0 fully saturated rings. The van der Waals surface area contributed by atoms with E-state index in [1.807, 2.05) is 12.1 Å². The monoisotopic (exact) mass is 399 g/mol. The van der Waals surface area contributed by atoms with E-state index in [0.717, 1.165) is 26.7 Å². The molecule has 130 valence electrons. The SMILES string of the molecule is COc1ccc(N)c2c(Nc3ccc(C(C)(C)C)cc3)ncc(Br)c12. The molecule has 0 spiro atoms. The van der Waals surface area contributed by atoms with E-state index in [2.05, 4.69) is 71.3 Å². The molecule has 0 amide bonds. The third kappa shape index (κ3) is 3.42. The van der Waals surface area contributed by atoms with E-state index in [1.54, 1.807) is 13.3 Å². The van der Waals surface area contributed by atoms with Crippen molar-refractivity contribution in [3.8, 4) is 5.75 Å². The molecule has 0 bridgehead atoms. The predicted octanol–water partition coefficient (Wildman–Crippen LogP) is 5.63. The second kappa shape index (κ2) is 6.56. The largest absolute Gasteiger partial charge is 0.496 e. The van der Waals surface area contributed by atoms with E-state index < -0.39 is 0 Å². The smallest absolute Gasteiger partial charge is 0.140 e. The van der Waals surface area contributed by atoms with Crippen molar-refractivity contribution in [2.75, 3.05) is 18.2 Å². The minimum absolute atomic E-state index is 0.124. The number of aromatic nitrogens is 1. The van der Waals surface area contributed by atoms with E-state index in [0.29, 0.717) is 11.5 Å². The van der Waals surface area contributed by atoms with Gasteiger partial charge >= 0.3 is 0 Å². The summed E-state index contributed by atoms with van der Waals surface area (Å²) in [5.74, 6) is 1.46. The highest BCUT2D eigenvalue weighted by atomic mass is 79.9. The Hall–Kier alpha value is -2.27. The number of methoxy groups -OCH3 is 1. The lowest BCUT2D eigenvalue weighted by atomic mass is 9.87. The zero-order valence-corrected chi connectivity index (χ0v) is 16.4. The number of nitrogens with two attached hydrogens (primary N) is 1. The predicted molar refractivity (Wildman–Crippen MR) is 109 cm³/mol. The molecule has 5 heteroatoms. The quantitative estimate of drug-likeness (QED) is 0.560. The number of fused-ring (bicyclic) bond motifs is 1. The lowest BCUT2D eigenvalue weighted by Gasteiger charge is -2.19. The van der Waals surface area contributed by atoms with Crippen LogP contribution in [0.25, 0.3) is 10.8 Å². The lowest BCUT2D eigenvalue weighted by molar-refractivity contribution is 0.419. The maximum atomic E-state index is 6.23. The number of hydrogen-bond acceptors (Lipinski definition) is 4. The van der Waals surface area contributed by atoms with Gasteiger partial charge in [-0.1, -0.05) is 32.9 Å². The summed E-state index contributed by atoms with van der Waals surface area (Å²) in [7, 11) is 1.65. The molecule has 0 atom stereocenters. The average Bonchev–Trinajstić information content (AvgIpc) is 2.57. The topological polar surface area (TPSA) is 60.2 Å². The highest BCUT2D eigenvalue weighted by molar-refractivity contribution is 9.10. The van der Waals surface area contributed by atoms with Gasteiger partial charge in [-0.2, -0.15) is 0 Å². The first-order chi connectivity index (χ1) is 11.8.